The summed E-state index contributed by atoms with van der Waals surface area (Å²) in [5, 5.41) is 9.50. The third-order valence-electron chi connectivity index (χ3n) is 3.85. The molecule has 1 aromatic carbocycles. The van der Waals surface area contributed by atoms with E-state index in [-0.39, 0.29) is 11.5 Å². The Morgan fingerprint density at radius 3 is 2.37 bits per heavy atom. The second kappa shape index (κ2) is 5.07. The summed E-state index contributed by atoms with van der Waals surface area (Å²) in [5.74, 6) is -1.27. The van der Waals surface area contributed by atoms with Gasteiger partial charge in [-0.1, -0.05) is 12.8 Å². The number of aliphatic carboxylic acids is 1. The SMILES string of the molecule is COc1cc(C2(C(=O)O)CCCC2)cc(F)c1OC. The van der Waals surface area contributed by atoms with Gasteiger partial charge in [0.2, 0.25) is 0 Å². The van der Waals surface area contributed by atoms with E-state index >= 15 is 0 Å². The van der Waals surface area contributed by atoms with Gasteiger partial charge in [-0.2, -0.15) is 0 Å². The summed E-state index contributed by atoms with van der Waals surface area (Å²) in [6.45, 7) is 0. The average molecular weight is 268 g/mol. The van der Waals surface area contributed by atoms with Crippen molar-refractivity contribution < 1.29 is 23.8 Å². The van der Waals surface area contributed by atoms with E-state index in [1.54, 1.807) is 6.07 Å². The topological polar surface area (TPSA) is 55.8 Å². The first-order chi connectivity index (χ1) is 9.05. The molecule has 1 aliphatic carbocycles. The zero-order valence-electron chi connectivity index (χ0n) is 11.0. The number of hydrogen-bond acceptors (Lipinski definition) is 3. The van der Waals surface area contributed by atoms with E-state index in [1.807, 2.05) is 0 Å². The van der Waals surface area contributed by atoms with Crippen molar-refractivity contribution in [3.05, 3.63) is 23.5 Å². The van der Waals surface area contributed by atoms with Gasteiger partial charge in [-0.3, -0.25) is 4.79 Å². The molecule has 2 rings (SSSR count). The third-order valence-corrected chi connectivity index (χ3v) is 3.85. The van der Waals surface area contributed by atoms with Crippen LogP contribution in [0.5, 0.6) is 11.5 Å². The number of carbonyl (C=O) groups is 1. The number of methoxy groups -OCH3 is 2. The van der Waals surface area contributed by atoms with Crippen LogP contribution >= 0.6 is 0 Å². The molecule has 1 aromatic rings. The van der Waals surface area contributed by atoms with Crippen molar-refractivity contribution in [1.29, 1.82) is 0 Å². The standard InChI is InChI=1S/C14H17FO4/c1-18-11-8-9(7-10(15)12(11)19-2)14(13(16)17)5-3-4-6-14/h7-8H,3-6H2,1-2H3,(H,16,17). The highest BCUT2D eigenvalue weighted by molar-refractivity contribution is 5.82. The number of rotatable bonds is 4. The Bertz CT molecular complexity index is 492. The van der Waals surface area contributed by atoms with Crippen molar-refractivity contribution in [1.82, 2.24) is 0 Å². The molecule has 0 unspecified atom stereocenters. The molecule has 0 saturated heterocycles. The van der Waals surface area contributed by atoms with E-state index in [4.69, 9.17) is 9.47 Å². The van der Waals surface area contributed by atoms with E-state index in [0.717, 1.165) is 12.8 Å². The van der Waals surface area contributed by atoms with Crippen LogP contribution in [0.4, 0.5) is 4.39 Å². The van der Waals surface area contributed by atoms with Crippen molar-refractivity contribution in [3.8, 4) is 11.5 Å². The van der Waals surface area contributed by atoms with E-state index in [1.165, 1.54) is 20.3 Å². The van der Waals surface area contributed by atoms with Gasteiger partial charge in [0.1, 0.15) is 0 Å². The van der Waals surface area contributed by atoms with Crippen molar-refractivity contribution >= 4 is 5.97 Å². The first-order valence-electron chi connectivity index (χ1n) is 6.20. The largest absolute Gasteiger partial charge is 0.493 e. The maximum atomic E-state index is 14.0. The molecule has 0 radical (unpaired) electrons. The summed E-state index contributed by atoms with van der Waals surface area (Å²) in [5.41, 5.74) is -0.548. The first-order valence-corrected chi connectivity index (χ1v) is 6.20. The number of halogens is 1. The second-order valence-electron chi connectivity index (χ2n) is 4.79. The molecule has 1 saturated carbocycles. The highest BCUT2D eigenvalue weighted by atomic mass is 19.1. The Hall–Kier alpha value is -1.78. The zero-order valence-corrected chi connectivity index (χ0v) is 11.0. The molecule has 0 aliphatic heterocycles. The number of benzene rings is 1. The summed E-state index contributed by atoms with van der Waals surface area (Å²) in [4.78, 5) is 11.6. The molecule has 0 spiro atoms. The first kappa shape index (κ1) is 13.6. The predicted molar refractivity (Wildman–Crippen MR) is 67.3 cm³/mol. The fourth-order valence-electron chi connectivity index (χ4n) is 2.80. The smallest absolute Gasteiger partial charge is 0.314 e. The van der Waals surface area contributed by atoms with Crippen molar-refractivity contribution in [3.63, 3.8) is 0 Å². The van der Waals surface area contributed by atoms with Gasteiger partial charge in [0, 0.05) is 0 Å². The zero-order chi connectivity index (χ0) is 14.0. The van der Waals surface area contributed by atoms with Crippen molar-refractivity contribution in [2.24, 2.45) is 0 Å². The number of hydrogen-bond donors (Lipinski definition) is 1. The van der Waals surface area contributed by atoms with Crippen LogP contribution < -0.4 is 9.47 Å². The molecule has 4 nitrogen and oxygen atoms in total. The molecule has 1 aliphatic rings. The highest BCUT2D eigenvalue weighted by Gasteiger charge is 2.43. The van der Waals surface area contributed by atoms with Crippen molar-refractivity contribution in [2.45, 2.75) is 31.1 Å². The Morgan fingerprint density at radius 2 is 1.89 bits per heavy atom. The molecular weight excluding hydrogens is 251 g/mol. The van der Waals surface area contributed by atoms with Gasteiger partial charge < -0.3 is 14.6 Å². The van der Waals surface area contributed by atoms with Crippen LogP contribution in [0, 0.1) is 5.82 Å². The summed E-state index contributed by atoms with van der Waals surface area (Å²) < 4.78 is 24.0. The van der Waals surface area contributed by atoms with Crippen LogP contribution in [0.25, 0.3) is 0 Å². The molecule has 0 heterocycles. The fourth-order valence-corrected chi connectivity index (χ4v) is 2.80. The van der Waals surface area contributed by atoms with Gasteiger partial charge in [0.15, 0.2) is 17.3 Å². The maximum Gasteiger partial charge on any atom is 0.314 e. The molecule has 104 valence electrons. The lowest BCUT2D eigenvalue weighted by Gasteiger charge is -2.25. The monoisotopic (exact) mass is 268 g/mol. The van der Waals surface area contributed by atoms with Gasteiger partial charge in [-0.25, -0.2) is 4.39 Å². The molecule has 0 bridgehead atoms. The van der Waals surface area contributed by atoms with Gasteiger partial charge in [0.25, 0.3) is 0 Å². The third kappa shape index (κ3) is 2.13. The Kier molecular flexibility index (Phi) is 3.64. The van der Waals surface area contributed by atoms with Crippen LogP contribution in [-0.2, 0) is 10.2 Å². The minimum absolute atomic E-state index is 0.00443. The summed E-state index contributed by atoms with van der Waals surface area (Å²) in [7, 11) is 2.76. The molecule has 0 aromatic heterocycles. The minimum Gasteiger partial charge on any atom is -0.493 e. The average Bonchev–Trinajstić information content (AvgIpc) is 2.88. The molecule has 0 amide bonds. The molecule has 0 atom stereocenters. The Morgan fingerprint density at radius 1 is 1.26 bits per heavy atom. The van der Waals surface area contributed by atoms with Gasteiger partial charge >= 0.3 is 5.97 Å². The van der Waals surface area contributed by atoms with E-state index in [9.17, 15) is 14.3 Å². The minimum atomic E-state index is -1.000. The summed E-state index contributed by atoms with van der Waals surface area (Å²) >= 11 is 0. The van der Waals surface area contributed by atoms with Crippen molar-refractivity contribution in [2.75, 3.05) is 14.2 Å². The van der Waals surface area contributed by atoms with Gasteiger partial charge in [-0.15, -0.1) is 0 Å². The molecule has 1 N–H and O–H groups in total. The predicted octanol–water partition coefficient (Wildman–Crippen LogP) is 2.74. The normalized spacial score (nSPS) is 17.2. The number of carboxylic acids is 1. The van der Waals surface area contributed by atoms with Crippen LogP contribution in [-0.4, -0.2) is 25.3 Å². The number of carboxylic acid groups (broad SMARTS) is 1. The van der Waals surface area contributed by atoms with Crippen LogP contribution in [0.1, 0.15) is 31.2 Å². The molecule has 19 heavy (non-hydrogen) atoms. The summed E-state index contributed by atoms with van der Waals surface area (Å²) in [6, 6.07) is 2.82. The number of ether oxygens (including phenoxy) is 2. The summed E-state index contributed by atoms with van der Waals surface area (Å²) in [6.07, 6.45) is 2.72. The fraction of sp³-hybridized carbons (Fsp3) is 0.500. The van der Waals surface area contributed by atoms with E-state index in [0.29, 0.717) is 18.4 Å². The van der Waals surface area contributed by atoms with Crippen LogP contribution in [0.2, 0.25) is 0 Å². The highest BCUT2D eigenvalue weighted by Crippen LogP contribution is 2.44. The molecule has 5 heteroatoms. The van der Waals surface area contributed by atoms with Gasteiger partial charge in [-0.05, 0) is 30.5 Å². The molecule has 1 fully saturated rings. The van der Waals surface area contributed by atoms with Gasteiger partial charge in [0.05, 0.1) is 19.6 Å². The Balaban J connectivity index is 2.56. The second-order valence-corrected chi connectivity index (χ2v) is 4.79. The lowest BCUT2D eigenvalue weighted by molar-refractivity contribution is -0.143. The van der Waals surface area contributed by atoms with E-state index < -0.39 is 17.2 Å². The Labute approximate surface area is 111 Å². The maximum absolute atomic E-state index is 14.0. The lowest BCUT2D eigenvalue weighted by atomic mass is 9.79. The quantitative estimate of drug-likeness (QED) is 0.912. The van der Waals surface area contributed by atoms with E-state index in [2.05, 4.69) is 0 Å². The van der Waals surface area contributed by atoms with Crippen LogP contribution in [0.3, 0.4) is 0 Å². The lowest BCUT2D eigenvalue weighted by Crippen LogP contribution is -2.32. The van der Waals surface area contributed by atoms with Crippen LogP contribution in [0.15, 0.2) is 12.1 Å². The molecular formula is C14H17FO4.